The van der Waals surface area contributed by atoms with E-state index in [2.05, 4.69) is 41.8 Å². The van der Waals surface area contributed by atoms with Crippen molar-refractivity contribution in [2.75, 3.05) is 0 Å². The Morgan fingerprint density at radius 2 is 1.68 bits per heavy atom. The maximum Gasteiger partial charge on any atom is 0.335 e. The summed E-state index contributed by atoms with van der Waals surface area (Å²) >= 11 is 6.60. The second-order valence-electron chi connectivity index (χ2n) is 4.61. The summed E-state index contributed by atoms with van der Waals surface area (Å²) in [7, 11) is 0. The van der Waals surface area contributed by atoms with Gasteiger partial charge in [-0.1, -0.05) is 0 Å². The molecule has 0 aliphatic heterocycles. The highest BCUT2D eigenvalue weighted by atomic mass is 79.9. The molecule has 2 aromatic rings. The summed E-state index contributed by atoms with van der Waals surface area (Å²) in [5.74, 6) is -1.78. The third kappa shape index (κ3) is 3.31. The molecule has 0 radical (unpaired) electrons. The first-order valence-electron chi connectivity index (χ1n) is 6.02. The zero-order valence-corrected chi connectivity index (χ0v) is 14.0. The number of hydrogen-bond acceptors (Lipinski definition) is 6. The molecule has 10 heteroatoms. The number of imidazole rings is 1. The van der Waals surface area contributed by atoms with Gasteiger partial charge in [0.25, 0.3) is 0 Å². The van der Waals surface area contributed by atoms with Gasteiger partial charge in [0.1, 0.15) is 24.1 Å². The third-order valence-electron chi connectivity index (χ3n) is 3.07. The molecule has 0 aliphatic rings. The van der Waals surface area contributed by atoms with Crippen molar-refractivity contribution in [3.63, 3.8) is 0 Å². The minimum absolute atomic E-state index is 0.0656. The molecule has 1 heterocycles. The van der Waals surface area contributed by atoms with Crippen molar-refractivity contribution < 1.29 is 30.3 Å². The predicted molar refractivity (Wildman–Crippen MR) is 82.1 cm³/mol. The number of H-pyrrole nitrogens is 1. The largest absolute Gasteiger partial charge is 0.479 e. The highest BCUT2D eigenvalue weighted by molar-refractivity contribution is 9.13. The lowest BCUT2D eigenvalue weighted by molar-refractivity contribution is -0.163. The highest BCUT2D eigenvalue weighted by Crippen LogP contribution is 2.29. The Labute approximate surface area is 140 Å². The Kier molecular flexibility index (Phi) is 5.20. The van der Waals surface area contributed by atoms with E-state index in [0.717, 1.165) is 8.95 Å². The first kappa shape index (κ1) is 17.3. The van der Waals surface area contributed by atoms with Gasteiger partial charge in [-0.3, -0.25) is 0 Å². The van der Waals surface area contributed by atoms with Crippen LogP contribution in [-0.4, -0.2) is 59.8 Å². The molecule has 0 saturated carbocycles. The Balaban J connectivity index is 2.29. The summed E-state index contributed by atoms with van der Waals surface area (Å²) in [6.45, 7) is 0. The molecule has 22 heavy (non-hydrogen) atoms. The van der Waals surface area contributed by atoms with Crippen molar-refractivity contribution in [1.29, 1.82) is 0 Å². The number of nitrogens with one attached hydrogen (secondary N) is 1. The number of fused-ring (bicyclic) bond motifs is 1. The van der Waals surface area contributed by atoms with Gasteiger partial charge in [-0.25, -0.2) is 9.78 Å². The molecular weight excluding hydrogens is 428 g/mol. The van der Waals surface area contributed by atoms with Gasteiger partial charge >= 0.3 is 5.97 Å². The third-order valence-corrected chi connectivity index (χ3v) is 4.92. The molecule has 8 nitrogen and oxygen atoms in total. The number of aliphatic hydroxyl groups excluding tert-OH is 4. The van der Waals surface area contributed by atoms with Crippen LogP contribution in [0.1, 0.15) is 11.9 Å². The van der Waals surface area contributed by atoms with Crippen molar-refractivity contribution in [3.8, 4) is 0 Å². The van der Waals surface area contributed by atoms with Crippen molar-refractivity contribution >= 4 is 48.9 Å². The highest BCUT2D eigenvalue weighted by Gasteiger charge is 2.36. The molecule has 0 aliphatic carbocycles. The molecule has 0 amide bonds. The summed E-state index contributed by atoms with van der Waals surface area (Å²) in [6.07, 6.45) is -7.93. The smallest absolute Gasteiger partial charge is 0.335 e. The normalized spacial score (nSPS) is 17.2. The zero-order chi connectivity index (χ0) is 16.6. The minimum atomic E-state index is -2.22. The molecular formula is C12H12Br2N2O6. The van der Waals surface area contributed by atoms with Crippen LogP contribution in [0.3, 0.4) is 0 Å². The van der Waals surface area contributed by atoms with Crippen LogP contribution >= 0.6 is 31.9 Å². The minimum Gasteiger partial charge on any atom is -0.479 e. The SMILES string of the molecule is O=C(O)C(O)[C@@H](O)[C@H](O)C(O)c1nc2cc(Br)c(Br)cc2[nH]1. The monoisotopic (exact) mass is 438 g/mol. The standard InChI is InChI=1S/C12H12Br2N2O6/c13-3-1-5-6(2-4(3)14)16-11(15-5)9(19)7(17)8(18)10(20)12(21)22/h1-2,7-10,17-20H,(H,15,16)(H,21,22)/t7-,8-,9?,10?/m0/s1. The van der Waals surface area contributed by atoms with Crippen LogP contribution in [0.25, 0.3) is 11.0 Å². The number of aromatic nitrogens is 2. The maximum atomic E-state index is 10.6. The number of benzene rings is 1. The quantitative estimate of drug-likeness (QED) is 0.392. The van der Waals surface area contributed by atoms with Gasteiger partial charge in [0.2, 0.25) is 0 Å². The van der Waals surface area contributed by atoms with Crippen molar-refractivity contribution in [3.05, 3.63) is 26.9 Å². The Morgan fingerprint density at radius 1 is 1.09 bits per heavy atom. The van der Waals surface area contributed by atoms with Crippen LogP contribution in [0.5, 0.6) is 0 Å². The summed E-state index contributed by atoms with van der Waals surface area (Å²) < 4.78 is 1.47. The van der Waals surface area contributed by atoms with Gasteiger partial charge < -0.3 is 30.5 Å². The van der Waals surface area contributed by atoms with Crippen molar-refractivity contribution in [1.82, 2.24) is 9.97 Å². The molecule has 0 fully saturated rings. The van der Waals surface area contributed by atoms with Crippen LogP contribution < -0.4 is 0 Å². The number of halogens is 2. The summed E-state index contributed by atoms with van der Waals surface area (Å²) in [5, 5.41) is 47.1. The number of hydrogen-bond donors (Lipinski definition) is 6. The van der Waals surface area contributed by atoms with E-state index in [9.17, 15) is 25.2 Å². The van der Waals surface area contributed by atoms with E-state index in [0.29, 0.717) is 11.0 Å². The molecule has 2 unspecified atom stereocenters. The van der Waals surface area contributed by atoms with Crippen LogP contribution in [0.15, 0.2) is 21.1 Å². The van der Waals surface area contributed by atoms with Gasteiger partial charge in [0, 0.05) is 8.95 Å². The Bertz CT molecular complexity index is 667. The number of aliphatic carboxylic acids is 1. The molecule has 0 saturated heterocycles. The van der Waals surface area contributed by atoms with E-state index in [4.69, 9.17) is 5.11 Å². The van der Waals surface area contributed by atoms with Gasteiger partial charge in [0.05, 0.1) is 11.0 Å². The lowest BCUT2D eigenvalue weighted by Gasteiger charge is -2.23. The van der Waals surface area contributed by atoms with E-state index < -0.39 is 30.4 Å². The number of aliphatic hydroxyl groups is 4. The number of nitrogens with zero attached hydrogens (tertiary/aromatic N) is 1. The van der Waals surface area contributed by atoms with Crippen LogP contribution in [-0.2, 0) is 4.79 Å². The topological polar surface area (TPSA) is 147 Å². The molecule has 120 valence electrons. The zero-order valence-electron chi connectivity index (χ0n) is 10.8. The fourth-order valence-corrected chi connectivity index (χ4v) is 2.52. The summed E-state index contributed by atoms with van der Waals surface area (Å²) in [4.78, 5) is 17.4. The molecule has 1 aromatic carbocycles. The molecule has 2 rings (SSSR count). The summed E-state index contributed by atoms with van der Waals surface area (Å²) in [6, 6.07) is 3.36. The number of carbonyl (C=O) groups is 1. The van der Waals surface area contributed by atoms with Crippen molar-refractivity contribution in [2.24, 2.45) is 0 Å². The Hall–Kier alpha value is -1.04. The van der Waals surface area contributed by atoms with E-state index in [1.54, 1.807) is 12.1 Å². The summed E-state index contributed by atoms with van der Waals surface area (Å²) in [5.41, 5.74) is 1.05. The fourth-order valence-electron chi connectivity index (χ4n) is 1.85. The fraction of sp³-hybridized carbons (Fsp3) is 0.333. The number of rotatable bonds is 5. The lowest BCUT2D eigenvalue weighted by Crippen LogP contribution is -2.45. The van der Waals surface area contributed by atoms with E-state index in [1.165, 1.54) is 0 Å². The van der Waals surface area contributed by atoms with Crippen LogP contribution in [0.2, 0.25) is 0 Å². The lowest BCUT2D eigenvalue weighted by atomic mass is 10.0. The molecule has 6 N–H and O–H groups in total. The predicted octanol–water partition coefficient (Wildman–Crippen LogP) is 0.289. The number of carboxylic acids is 1. The van der Waals surface area contributed by atoms with E-state index >= 15 is 0 Å². The first-order valence-corrected chi connectivity index (χ1v) is 7.60. The second-order valence-corrected chi connectivity index (χ2v) is 6.32. The van der Waals surface area contributed by atoms with Gasteiger partial charge in [0.15, 0.2) is 6.10 Å². The number of carboxylic acid groups (broad SMARTS) is 1. The van der Waals surface area contributed by atoms with Gasteiger partial charge in [-0.2, -0.15) is 0 Å². The molecule has 0 spiro atoms. The van der Waals surface area contributed by atoms with E-state index in [-0.39, 0.29) is 5.82 Å². The van der Waals surface area contributed by atoms with Crippen molar-refractivity contribution in [2.45, 2.75) is 24.4 Å². The number of aromatic amines is 1. The average molecular weight is 440 g/mol. The average Bonchev–Trinajstić information content (AvgIpc) is 2.87. The molecule has 4 atom stereocenters. The maximum absolute atomic E-state index is 10.6. The van der Waals surface area contributed by atoms with Gasteiger partial charge in [-0.05, 0) is 44.0 Å². The van der Waals surface area contributed by atoms with E-state index in [1.807, 2.05) is 0 Å². The Morgan fingerprint density at radius 3 is 2.27 bits per heavy atom. The van der Waals surface area contributed by atoms with Gasteiger partial charge in [-0.15, -0.1) is 0 Å². The molecule has 1 aromatic heterocycles. The second kappa shape index (κ2) is 6.60. The van der Waals surface area contributed by atoms with Crippen LogP contribution in [0, 0.1) is 0 Å². The first-order chi connectivity index (χ1) is 10.2. The van der Waals surface area contributed by atoms with Crippen LogP contribution in [0.4, 0.5) is 0 Å². The molecule has 0 bridgehead atoms.